The third-order valence-corrected chi connectivity index (χ3v) is 4.01. The molecule has 2 nitrogen and oxygen atoms in total. The van der Waals surface area contributed by atoms with Gasteiger partial charge in [0.15, 0.2) is 0 Å². The van der Waals surface area contributed by atoms with Gasteiger partial charge in [-0.05, 0) is 49.7 Å². The fourth-order valence-electron chi connectivity index (χ4n) is 2.82. The third kappa shape index (κ3) is 1.44. The summed E-state index contributed by atoms with van der Waals surface area (Å²) < 4.78 is 5.63. The second-order valence-corrected chi connectivity index (χ2v) is 5.15. The molecule has 16 heavy (non-hydrogen) atoms. The molecule has 0 heterocycles. The standard InChI is InChI=1S/C14H19NO/c1-16-13-11-5-3-2-4-10(11)6-7-12(13)14(15)8-9-14/h6-7H,2-5,8-9,15H2,1H3. The van der Waals surface area contributed by atoms with Gasteiger partial charge in [0.05, 0.1) is 7.11 Å². The SMILES string of the molecule is COc1c(C2(N)CC2)ccc2c1CCCC2. The Morgan fingerprint density at radius 1 is 1.19 bits per heavy atom. The second-order valence-electron chi connectivity index (χ2n) is 5.15. The van der Waals surface area contributed by atoms with Crippen molar-refractivity contribution >= 4 is 0 Å². The molecule has 2 N–H and O–H groups in total. The monoisotopic (exact) mass is 217 g/mol. The molecule has 0 amide bonds. The minimum Gasteiger partial charge on any atom is -0.496 e. The summed E-state index contributed by atoms with van der Waals surface area (Å²) in [6, 6.07) is 4.45. The number of methoxy groups -OCH3 is 1. The van der Waals surface area contributed by atoms with E-state index in [1.165, 1.54) is 36.0 Å². The van der Waals surface area contributed by atoms with Gasteiger partial charge in [-0.15, -0.1) is 0 Å². The molecule has 86 valence electrons. The van der Waals surface area contributed by atoms with Crippen LogP contribution in [0.4, 0.5) is 0 Å². The maximum absolute atomic E-state index is 6.30. The Kier molecular flexibility index (Phi) is 2.21. The largest absolute Gasteiger partial charge is 0.496 e. The average Bonchev–Trinajstić information content (AvgIpc) is 3.07. The third-order valence-electron chi connectivity index (χ3n) is 4.01. The normalized spacial score (nSPS) is 21.4. The van der Waals surface area contributed by atoms with Crippen molar-refractivity contribution in [3.8, 4) is 5.75 Å². The van der Waals surface area contributed by atoms with Gasteiger partial charge in [0.2, 0.25) is 0 Å². The number of benzene rings is 1. The van der Waals surface area contributed by atoms with Gasteiger partial charge in [-0.25, -0.2) is 0 Å². The van der Waals surface area contributed by atoms with Crippen molar-refractivity contribution in [2.24, 2.45) is 5.73 Å². The van der Waals surface area contributed by atoms with E-state index in [-0.39, 0.29) is 5.54 Å². The van der Waals surface area contributed by atoms with E-state index >= 15 is 0 Å². The molecule has 3 rings (SSSR count). The molecule has 1 aromatic carbocycles. The number of aryl methyl sites for hydroxylation is 1. The zero-order valence-electron chi connectivity index (χ0n) is 9.88. The summed E-state index contributed by atoms with van der Waals surface area (Å²) >= 11 is 0. The Balaban J connectivity index is 2.12. The maximum atomic E-state index is 6.30. The van der Waals surface area contributed by atoms with Crippen molar-refractivity contribution in [2.45, 2.75) is 44.1 Å². The van der Waals surface area contributed by atoms with E-state index in [2.05, 4.69) is 12.1 Å². The predicted molar refractivity (Wildman–Crippen MR) is 64.7 cm³/mol. The van der Waals surface area contributed by atoms with Crippen molar-refractivity contribution < 1.29 is 4.74 Å². The highest BCUT2D eigenvalue weighted by Crippen LogP contribution is 2.48. The number of rotatable bonds is 2. The van der Waals surface area contributed by atoms with E-state index in [1.54, 1.807) is 7.11 Å². The lowest BCUT2D eigenvalue weighted by molar-refractivity contribution is 0.396. The van der Waals surface area contributed by atoms with Crippen LogP contribution in [0.15, 0.2) is 12.1 Å². The molecule has 0 atom stereocenters. The molecule has 0 aromatic heterocycles. The molecular formula is C14H19NO. The summed E-state index contributed by atoms with van der Waals surface area (Å²) in [5, 5.41) is 0. The smallest absolute Gasteiger partial charge is 0.127 e. The van der Waals surface area contributed by atoms with Crippen molar-refractivity contribution in [3.05, 3.63) is 28.8 Å². The Hall–Kier alpha value is -1.02. The second kappa shape index (κ2) is 3.49. The van der Waals surface area contributed by atoms with Crippen LogP contribution in [0.25, 0.3) is 0 Å². The summed E-state index contributed by atoms with van der Waals surface area (Å²) in [6.45, 7) is 0. The molecule has 0 bridgehead atoms. The molecule has 2 heteroatoms. The fraction of sp³-hybridized carbons (Fsp3) is 0.571. The Morgan fingerprint density at radius 2 is 1.94 bits per heavy atom. The molecule has 1 saturated carbocycles. The first-order valence-electron chi connectivity index (χ1n) is 6.23. The first-order chi connectivity index (χ1) is 7.74. The van der Waals surface area contributed by atoms with Crippen LogP contribution in [-0.2, 0) is 18.4 Å². The van der Waals surface area contributed by atoms with Gasteiger partial charge in [-0.3, -0.25) is 0 Å². The molecule has 0 spiro atoms. The van der Waals surface area contributed by atoms with Crippen LogP contribution < -0.4 is 10.5 Å². The van der Waals surface area contributed by atoms with E-state index in [4.69, 9.17) is 10.5 Å². The van der Waals surface area contributed by atoms with Gasteiger partial charge in [0, 0.05) is 11.1 Å². The Labute approximate surface area is 96.8 Å². The van der Waals surface area contributed by atoms with Gasteiger partial charge >= 0.3 is 0 Å². The summed E-state index contributed by atoms with van der Waals surface area (Å²) in [5.74, 6) is 1.08. The highest BCUT2D eigenvalue weighted by atomic mass is 16.5. The molecular weight excluding hydrogens is 198 g/mol. The highest BCUT2D eigenvalue weighted by molar-refractivity contribution is 5.52. The van der Waals surface area contributed by atoms with Gasteiger partial charge < -0.3 is 10.5 Å². The lowest BCUT2D eigenvalue weighted by Crippen LogP contribution is -2.21. The maximum Gasteiger partial charge on any atom is 0.127 e. The molecule has 1 aromatic rings. The Bertz CT molecular complexity index is 421. The average molecular weight is 217 g/mol. The van der Waals surface area contributed by atoms with Crippen LogP contribution in [0.2, 0.25) is 0 Å². The van der Waals surface area contributed by atoms with Gasteiger partial charge in [0.25, 0.3) is 0 Å². The molecule has 2 aliphatic rings. The number of nitrogens with two attached hydrogens (primary N) is 1. The first kappa shape index (κ1) is 10.2. The minimum atomic E-state index is -0.0855. The fourth-order valence-corrected chi connectivity index (χ4v) is 2.82. The Morgan fingerprint density at radius 3 is 2.62 bits per heavy atom. The highest BCUT2D eigenvalue weighted by Gasteiger charge is 2.42. The molecule has 0 saturated heterocycles. The van der Waals surface area contributed by atoms with E-state index in [0.717, 1.165) is 25.0 Å². The zero-order chi connectivity index (χ0) is 11.2. The van der Waals surface area contributed by atoms with Crippen LogP contribution >= 0.6 is 0 Å². The molecule has 2 aliphatic carbocycles. The number of ether oxygens (including phenoxy) is 1. The van der Waals surface area contributed by atoms with Crippen molar-refractivity contribution in [3.63, 3.8) is 0 Å². The van der Waals surface area contributed by atoms with Crippen LogP contribution in [0.1, 0.15) is 42.4 Å². The molecule has 0 unspecified atom stereocenters. The first-order valence-corrected chi connectivity index (χ1v) is 6.23. The lowest BCUT2D eigenvalue weighted by atomic mass is 9.87. The quantitative estimate of drug-likeness (QED) is 0.826. The number of hydrogen-bond donors (Lipinski definition) is 1. The van der Waals surface area contributed by atoms with Crippen LogP contribution in [0.5, 0.6) is 5.75 Å². The minimum absolute atomic E-state index is 0.0855. The van der Waals surface area contributed by atoms with Gasteiger partial charge in [-0.2, -0.15) is 0 Å². The number of fused-ring (bicyclic) bond motifs is 1. The van der Waals surface area contributed by atoms with Crippen LogP contribution in [-0.4, -0.2) is 7.11 Å². The summed E-state index contributed by atoms with van der Waals surface area (Å²) in [5.41, 5.74) is 10.3. The van der Waals surface area contributed by atoms with E-state index in [9.17, 15) is 0 Å². The van der Waals surface area contributed by atoms with Crippen molar-refractivity contribution in [2.75, 3.05) is 7.11 Å². The summed E-state index contributed by atoms with van der Waals surface area (Å²) in [7, 11) is 1.78. The van der Waals surface area contributed by atoms with E-state index < -0.39 is 0 Å². The summed E-state index contributed by atoms with van der Waals surface area (Å²) in [6.07, 6.45) is 7.14. The molecule has 0 radical (unpaired) electrons. The van der Waals surface area contributed by atoms with E-state index in [0.29, 0.717) is 0 Å². The zero-order valence-corrected chi connectivity index (χ0v) is 9.88. The van der Waals surface area contributed by atoms with Gasteiger partial charge in [0.1, 0.15) is 5.75 Å². The molecule has 1 fully saturated rings. The van der Waals surface area contributed by atoms with Crippen LogP contribution in [0, 0.1) is 0 Å². The van der Waals surface area contributed by atoms with Crippen molar-refractivity contribution in [1.82, 2.24) is 0 Å². The predicted octanol–water partition coefficient (Wildman–Crippen LogP) is 2.52. The van der Waals surface area contributed by atoms with Crippen LogP contribution in [0.3, 0.4) is 0 Å². The molecule has 0 aliphatic heterocycles. The lowest BCUT2D eigenvalue weighted by Gasteiger charge is -2.23. The van der Waals surface area contributed by atoms with Gasteiger partial charge in [-0.1, -0.05) is 12.1 Å². The van der Waals surface area contributed by atoms with Crippen molar-refractivity contribution in [1.29, 1.82) is 0 Å². The number of hydrogen-bond acceptors (Lipinski definition) is 2. The topological polar surface area (TPSA) is 35.2 Å². The summed E-state index contributed by atoms with van der Waals surface area (Å²) in [4.78, 5) is 0. The van der Waals surface area contributed by atoms with E-state index in [1.807, 2.05) is 0 Å².